The van der Waals surface area contributed by atoms with E-state index >= 15 is 0 Å². The number of aryl methyl sites for hydroxylation is 3. The van der Waals surface area contributed by atoms with Crippen LogP contribution in [0.15, 0.2) is 18.6 Å². The Hall–Kier alpha value is -1.69. The van der Waals surface area contributed by atoms with Gasteiger partial charge in [-0.2, -0.15) is 5.10 Å². The molecule has 0 bridgehead atoms. The Morgan fingerprint density at radius 2 is 2.06 bits per heavy atom. The largest absolute Gasteiger partial charge is 0.311 e. The van der Waals surface area contributed by atoms with Gasteiger partial charge in [0, 0.05) is 18.9 Å². The molecular weight excluding hydrogens is 216 g/mol. The van der Waals surface area contributed by atoms with Crippen LogP contribution >= 0.6 is 0 Å². The lowest BCUT2D eigenvalue weighted by molar-refractivity contribution is 0.489. The molecule has 1 N–H and O–H groups in total. The van der Waals surface area contributed by atoms with E-state index in [1.165, 1.54) is 5.56 Å². The van der Waals surface area contributed by atoms with Gasteiger partial charge in [-0.3, -0.25) is 9.36 Å². The fourth-order valence-corrected chi connectivity index (χ4v) is 1.58. The second kappa shape index (κ2) is 5.58. The summed E-state index contributed by atoms with van der Waals surface area (Å²) in [6.07, 6.45) is 5.85. The number of hydrogen-bond acceptors (Lipinski definition) is 4. The highest BCUT2D eigenvalue weighted by Crippen LogP contribution is 1.97. The summed E-state index contributed by atoms with van der Waals surface area (Å²) in [6, 6.07) is 0. The fourth-order valence-electron chi connectivity index (χ4n) is 1.58. The number of aromatic nitrogens is 5. The first-order valence-electron chi connectivity index (χ1n) is 5.86. The molecule has 2 aromatic rings. The molecule has 2 heterocycles. The summed E-state index contributed by atoms with van der Waals surface area (Å²) in [5, 5.41) is 15.6. The maximum absolute atomic E-state index is 4.23. The Labute approximate surface area is 101 Å². The molecule has 0 aliphatic rings. The van der Waals surface area contributed by atoms with Gasteiger partial charge in [-0.25, -0.2) is 0 Å². The quantitative estimate of drug-likeness (QED) is 0.795. The zero-order valence-electron chi connectivity index (χ0n) is 10.3. The van der Waals surface area contributed by atoms with Gasteiger partial charge in [-0.05, 0) is 19.0 Å². The summed E-state index contributed by atoms with van der Waals surface area (Å²) in [5.41, 5.74) is 2.15. The SMILES string of the molecule is CCNCc1cn(CCn2cc(C)cn2)nn1. The molecule has 92 valence electrons. The number of hydrogen-bond donors (Lipinski definition) is 1. The van der Waals surface area contributed by atoms with Crippen molar-refractivity contribution < 1.29 is 0 Å². The van der Waals surface area contributed by atoms with Crippen molar-refractivity contribution in [3.63, 3.8) is 0 Å². The van der Waals surface area contributed by atoms with Gasteiger partial charge in [0.25, 0.3) is 0 Å². The van der Waals surface area contributed by atoms with E-state index in [9.17, 15) is 0 Å². The van der Waals surface area contributed by atoms with Crippen LogP contribution in [0.2, 0.25) is 0 Å². The van der Waals surface area contributed by atoms with Crippen LogP contribution in [0.1, 0.15) is 18.2 Å². The van der Waals surface area contributed by atoms with Crippen molar-refractivity contribution in [1.29, 1.82) is 0 Å². The Bertz CT molecular complexity index is 458. The van der Waals surface area contributed by atoms with E-state index in [0.29, 0.717) is 0 Å². The molecule has 0 aromatic carbocycles. The summed E-state index contributed by atoms with van der Waals surface area (Å²) < 4.78 is 3.77. The lowest BCUT2D eigenvalue weighted by atomic mass is 10.4. The van der Waals surface area contributed by atoms with Crippen LogP contribution in [0, 0.1) is 6.92 Å². The first-order chi connectivity index (χ1) is 8.28. The smallest absolute Gasteiger partial charge is 0.0964 e. The highest BCUT2D eigenvalue weighted by Gasteiger charge is 2.00. The van der Waals surface area contributed by atoms with Crippen molar-refractivity contribution in [2.24, 2.45) is 0 Å². The van der Waals surface area contributed by atoms with Crippen molar-refractivity contribution in [3.8, 4) is 0 Å². The molecule has 0 unspecified atom stereocenters. The van der Waals surface area contributed by atoms with Crippen LogP contribution in [0.25, 0.3) is 0 Å². The van der Waals surface area contributed by atoms with E-state index in [0.717, 1.165) is 31.9 Å². The summed E-state index contributed by atoms with van der Waals surface area (Å²) in [7, 11) is 0. The zero-order valence-corrected chi connectivity index (χ0v) is 10.3. The molecule has 0 radical (unpaired) electrons. The van der Waals surface area contributed by atoms with Crippen molar-refractivity contribution in [2.75, 3.05) is 6.54 Å². The van der Waals surface area contributed by atoms with Gasteiger partial charge >= 0.3 is 0 Å². The monoisotopic (exact) mass is 234 g/mol. The summed E-state index contributed by atoms with van der Waals surface area (Å²) in [5.74, 6) is 0. The predicted octanol–water partition coefficient (Wildman–Crippen LogP) is 0.593. The molecule has 0 fully saturated rings. The van der Waals surface area contributed by atoms with Gasteiger partial charge in [0.05, 0.1) is 25.0 Å². The van der Waals surface area contributed by atoms with E-state index in [2.05, 4.69) is 27.7 Å². The Kier molecular flexibility index (Phi) is 3.87. The summed E-state index contributed by atoms with van der Waals surface area (Å²) >= 11 is 0. The van der Waals surface area contributed by atoms with Crippen molar-refractivity contribution in [1.82, 2.24) is 30.1 Å². The second-order valence-electron chi connectivity index (χ2n) is 4.03. The molecule has 17 heavy (non-hydrogen) atoms. The molecular formula is C11H18N6. The zero-order chi connectivity index (χ0) is 12.1. The summed E-state index contributed by atoms with van der Waals surface area (Å²) in [6.45, 7) is 7.44. The van der Waals surface area contributed by atoms with E-state index in [1.54, 1.807) is 0 Å². The fraction of sp³-hybridized carbons (Fsp3) is 0.545. The molecule has 0 atom stereocenters. The first kappa shape index (κ1) is 11.8. The highest BCUT2D eigenvalue weighted by atomic mass is 15.4. The number of rotatable bonds is 6. The third-order valence-corrected chi connectivity index (χ3v) is 2.46. The number of nitrogens with one attached hydrogen (secondary N) is 1. The van der Waals surface area contributed by atoms with Crippen molar-refractivity contribution in [3.05, 3.63) is 29.8 Å². The maximum atomic E-state index is 4.23. The molecule has 0 spiro atoms. The van der Waals surface area contributed by atoms with Gasteiger partial charge in [0.15, 0.2) is 0 Å². The molecule has 2 aromatic heterocycles. The highest BCUT2D eigenvalue weighted by molar-refractivity contribution is 4.99. The Morgan fingerprint density at radius 1 is 1.24 bits per heavy atom. The van der Waals surface area contributed by atoms with Gasteiger partial charge < -0.3 is 5.32 Å². The van der Waals surface area contributed by atoms with Crippen LogP contribution in [0.4, 0.5) is 0 Å². The van der Waals surface area contributed by atoms with E-state index in [-0.39, 0.29) is 0 Å². The maximum Gasteiger partial charge on any atom is 0.0964 e. The third-order valence-electron chi connectivity index (χ3n) is 2.46. The molecule has 0 saturated carbocycles. The average Bonchev–Trinajstić information content (AvgIpc) is 2.93. The molecule has 0 aliphatic carbocycles. The van der Waals surface area contributed by atoms with Gasteiger partial charge in [-0.1, -0.05) is 12.1 Å². The van der Waals surface area contributed by atoms with E-state index in [1.807, 2.05) is 34.9 Å². The lowest BCUT2D eigenvalue weighted by Crippen LogP contribution is -2.12. The summed E-state index contributed by atoms with van der Waals surface area (Å²) in [4.78, 5) is 0. The van der Waals surface area contributed by atoms with Gasteiger partial charge in [0.1, 0.15) is 0 Å². The van der Waals surface area contributed by atoms with Crippen molar-refractivity contribution >= 4 is 0 Å². The standard InChI is InChI=1S/C11H18N6/c1-3-12-7-11-9-17(15-14-11)5-4-16-8-10(2)6-13-16/h6,8-9,12H,3-5,7H2,1-2H3. The van der Waals surface area contributed by atoms with Crippen LogP contribution < -0.4 is 5.32 Å². The van der Waals surface area contributed by atoms with Crippen LogP contribution in [0.3, 0.4) is 0 Å². The van der Waals surface area contributed by atoms with Gasteiger partial charge in [-0.15, -0.1) is 5.10 Å². The van der Waals surface area contributed by atoms with Crippen LogP contribution in [0.5, 0.6) is 0 Å². The molecule has 0 aliphatic heterocycles. The lowest BCUT2D eigenvalue weighted by Gasteiger charge is -2.00. The normalized spacial score (nSPS) is 10.9. The minimum atomic E-state index is 0.775. The average molecular weight is 234 g/mol. The van der Waals surface area contributed by atoms with E-state index in [4.69, 9.17) is 0 Å². The van der Waals surface area contributed by atoms with Crippen LogP contribution in [-0.2, 0) is 19.6 Å². The Morgan fingerprint density at radius 3 is 2.76 bits per heavy atom. The molecule has 0 saturated heterocycles. The number of nitrogens with zero attached hydrogens (tertiary/aromatic N) is 5. The topological polar surface area (TPSA) is 60.6 Å². The molecule has 2 rings (SSSR count). The Balaban J connectivity index is 1.84. The van der Waals surface area contributed by atoms with Gasteiger partial charge in [0.2, 0.25) is 0 Å². The molecule has 6 nitrogen and oxygen atoms in total. The van der Waals surface area contributed by atoms with Crippen molar-refractivity contribution in [2.45, 2.75) is 33.5 Å². The second-order valence-corrected chi connectivity index (χ2v) is 4.03. The van der Waals surface area contributed by atoms with E-state index < -0.39 is 0 Å². The molecule has 6 heteroatoms. The first-order valence-corrected chi connectivity index (χ1v) is 5.86. The minimum absolute atomic E-state index is 0.775. The molecule has 0 amide bonds. The minimum Gasteiger partial charge on any atom is -0.311 e. The van der Waals surface area contributed by atoms with Crippen LogP contribution in [-0.4, -0.2) is 31.3 Å². The predicted molar refractivity (Wildman–Crippen MR) is 64.4 cm³/mol. The third kappa shape index (κ3) is 3.39.